The molecule has 1 saturated heterocycles. The van der Waals surface area contributed by atoms with Crippen LogP contribution in [0.4, 0.5) is 4.79 Å². The predicted octanol–water partition coefficient (Wildman–Crippen LogP) is 3.08. The first kappa shape index (κ1) is 16.7. The number of carbonyl (C=O) groups excluding carboxylic acids is 1. The van der Waals surface area contributed by atoms with Crippen LogP contribution in [0.15, 0.2) is 24.4 Å². The predicted molar refractivity (Wildman–Crippen MR) is 86.6 cm³/mol. The summed E-state index contributed by atoms with van der Waals surface area (Å²) in [5.41, 5.74) is 0.624. The summed E-state index contributed by atoms with van der Waals surface area (Å²) in [6.07, 6.45) is 1.61. The molecule has 122 valence electrons. The monoisotopic (exact) mass is 305 g/mol. The number of carbonyl (C=O) groups is 1. The summed E-state index contributed by atoms with van der Waals surface area (Å²) in [5.74, 6) is 0. The summed E-state index contributed by atoms with van der Waals surface area (Å²) in [5, 5.41) is 0. The summed E-state index contributed by atoms with van der Waals surface area (Å²) >= 11 is 0. The quantitative estimate of drug-likeness (QED) is 0.842. The van der Waals surface area contributed by atoms with Crippen LogP contribution in [0.5, 0.6) is 0 Å². The van der Waals surface area contributed by atoms with Crippen LogP contribution in [0.1, 0.15) is 46.4 Å². The average Bonchev–Trinajstić information content (AvgIpc) is 2.45. The molecule has 0 N–H and O–H groups in total. The third-order valence-electron chi connectivity index (χ3n) is 3.94. The van der Waals surface area contributed by atoms with Gasteiger partial charge in [-0.3, -0.25) is 9.88 Å². The zero-order chi connectivity index (χ0) is 16.3. The Kier molecular flexibility index (Phi) is 5.06. The number of aromatic nitrogens is 1. The summed E-state index contributed by atoms with van der Waals surface area (Å²) in [4.78, 5) is 20.8. The van der Waals surface area contributed by atoms with Gasteiger partial charge in [0.25, 0.3) is 0 Å². The molecule has 1 amide bonds. The van der Waals surface area contributed by atoms with Gasteiger partial charge in [-0.05, 0) is 46.8 Å². The standard InChI is InChI=1S/C17H27N3O2/c1-13-12-19(16(21)22-17(3,4)5)10-11-20(13)14(2)15-8-6-7-9-18-15/h6-9,13-14H,10-12H2,1-5H3/t13-,14-/m0/s1. The highest BCUT2D eigenvalue weighted by atomic mass is 16.6. The molecule has 0 unspecified atom stereocenters. The lowest BCUT2D eigenvalue weighted by Gasteiger charge is -2.42. The van der Waals surface area contributed by atoms with Crippen molar-refractivity contribution in [1.29, 1.82) is 0 Å². The van der Waals surface area contributed by atoms with Gasteiger partial charge < -0.3 is 9.64 Å². The number of rotatable bonds is 2. The van der Waals surface area contributed by atoms with E-state index in [1.54, 1.807) is 4.90 Å². The highest BCUT2D eigenvalue weighted by Crippen LogP contribution is 2.24. The Morgan fingerprint density at radius 3 is 2.64 bits per heavy atom. The maximum Gasteiger partial charge on any atom is 0.410 e. The van der Waals surface area contributed by atoms with Crippen LogP contribution in [0, 0.1) is 0 Å². The van der Waals surface area contributed by atoms with Crippen LogP contribution in [-0.4, -0.2) is 52.2 Å². The maximum absolute atomic E-state index is 12.2. The molecule has 0 aromatic carbocycles. The molecule has 1 fully saturated rings. The molecule has 0 spiro atoms. The first-order valence-electron chi connectivity index (χ1n) is 7.92. The minimum absolute atomic E-state index is 0.218. The Hall–Kier alpha value is -1.62. The largest absolute Gasteiger partial charge is 0.444 e. The van der Waals surface area contributed by atoms with Crippen molar-refractivity contribution in [2.24, 2.45) is 0 Å². The summed E-state index contributed by atoms with van der Waals surface area (Å²) in [6.45, 7) is 12.2. The lowest BCUT2D eigenvalue weighted by atomic mass is 10.1. The second-order valence-electron chi connectivity index (χ2n) is 6.94. The van der Waals surface area contributed by atoms with E-state index in [0.717, 1.165) is 12.2 Å². The lowest BCUT2D eigenvalue weighted by Crippen LogP contribution is -2.54. The molecule has 2 heterocycles. The number of hydrogen-bond donors (Lipinski definition) is 0. The molecule has 1 aromatic heterocycles. The minimum atomic E-state index is -0.446. The number of amides is 1. The molecule has 1 aliphatic heterocycles. The van der Waals surface area contributed by atoms with Crippen molar-refractivity contribution in [2.75, 3.05) is 19.6 Å². The third kappa shape index (κ3) is 4.19. The smallest absolute Gasteiger partial charge is 0.410 e. The Morgan fingerprint density at radius 2 is 2.09 bits per heavy atom. The van der Waals surface area contributed by atoms with Crippen LogP contribution in [0.2, 0.25) is 0 Å². The molecule has 0 saturated carbocycles. The molecule has 1 aromatic rings. The molecular weight excluding hydrogens is 278 g/mol. The topological polar surface area (TPSA) is 45.7 Å². The number of pyridine rings is 1. The number of piperazine rings is 1. The summed E-state index contributed by atoms with van der Waals surface area (Å²) in [7, 11) is 0. The molecule has 0 bridgehead atoms. The van der Waals surface area contributed by atoms with Gasteiger partial charge in [0.2, 0.25) is 0 Å². The molecule has 1 aliphatic rings. The van der Waals surface area contributed by atoms with Gasteiger partial charge in [0.05, 0.1) is 5.69 Å². The Labute approximate surface area is 133 Å². The van der Waals surface area contributed by atoms with Crippen molar-refractivity contribution in [3.05, 3.63) is 30.1 Å². The normalized spacial score (nSPS) is 21.5. The Balaban J connectivity index is 1.97. The second-order valence-corrected chi connectivity index (χ2v) is 6.94. The molecule has 0 aliphatic carbocycles. The average molecular weight is 305 g/mol. The van der Waals surface area contributed by atoms with Gasteiger partial charge in [-0.2, -0.15) is 0 Å². The van der Waals surface area contributed by atoms with E-state index in [-0.39, 0.29) is 18.2 Å². The van der Waals surface area contributed by atoms with Crippen LogP contribution in [0.3, 0.4) is 0 Å². The molecule has 22 heavy (non-hydrogen) atoms. The third-order valence-corrected chi connectivity index (χ3v) is 3.94. The van der Waals surface area contributed by atoms with Gasteiger partial charge in [0.15, 0.2) is 0 Å². The van der Waals surface area contributed by atoms with Gasteiger partial charge in [0, 0.05) is 37.9 Å². The van der Waals surface area contributed by atoms with Crippen molar-refractivity contribution >= 4 is 6.09 Å². The summed E-state index contributed by atoms with van der Waals surface area (Å²) < 4.78 is 5.46. The number of nitrogens with zero attached hydrogens (tertiary/aromatic N) is 3. The van der Waals surface area contributed by atoms with Crippen molar-refractivity contribution in [3.8, 4) is 0 Å². The molecule has 5 nitrogen and oxygen atoms in total. The van der Waals surface area contributed by atoms with Crippen LogP contribution in [-0.2, 0) is 4.74 Å². The van der Waals surface area contributed by atoms with Crippen molar-refractivity contribution in [3.63, 3.8) is 0 Å². The van der Waals surface area contributed by atoms with E-state index in [1.165, 1.54) is 0 Å². The van der Waals surface area contributed by atoms with E-state index in [0.29, 0.717) is 13.1 Å². The molecule has 0 radical (unpaired) electrons. The van der Waals surface area contributed by atoms with Gasteiger partial charge in [-0.1, -0.05) is 6.07 Å². The van der Waals surface area contributed by atoms with E-state index < -0.39 is 5.60 Å². The van der Waals surface area contributed by atoms with Gasteiger partial charge >= 0.3 is 6.09 Å². The first-order chi connectivity index (χ1) is 10.3. The highest BCUT2D eigenvalue weighted by Gasteiger charge is 2.32. The van der Waals surface area contributed by atoms with Crippen LogP contribution < -0.4 is 0 Å². The lowest BCUT2D eigenvalue weighted by molar-refractivity contribution is -0.00103. The number of hydrogen-bond acceptors (Lipinski definition) is 4. The minimum Gasteiger partial charge on any atom is -0.444 e. The van der Waals surface area contributed by atoms with Crippen LogP contribution in [0.25, 0.3) is 0 Å². The van der Waals surface area contributed by atoms with Gasteiger partial charge in [-0.25, -0.2) is 4.79 Å². The molecular formula is C17H27N3O2. The number of ether oxygens (including phenoxy) is 1. The zero-order valence-electron chi connectivity index (χ0n) is 14.2. The van der Waals surface area contributed by atoms with E-state index in [1.807, 2.05) is 39.1 Å². The molecule has 2 rings (SSSR count). The van der Waals surface area contributed by atoms with Crippen molar-refractivity contribution < 1.29 is 9.53 Å². The fourth-order valence-corrected chi connectivity index (χ4v) is 2.83. The van der Waals surface area contributed by atoms with E-state index in [4.69, 9.17) is 4.74 Å². The second kappa shape index (κ2) is 6.65. The summed E-state index contributed by atoms with van der Waals surface area (Å²) in [6, 6.07) is 6.52. The Bertz CT molecular complexity index is 498. The maximum atomic E-state index is 12.2. The first-order valence-corrected chi connectivity index (χ1v) is 7.92. The van der Waals surface area contributed by atoms with E-state index in [9.17, 15) is 4.79 Å². The van der Waals surface area contributed by atoms with E-state index >= 15 is 0 Å². The Morgan fingerprint density at radius 1 is 1.36 bits per heavy atom. The molecule has 5 heteroatoms. The van der Waals surface area contributed by atoms with Crippen molar-refractivity contribution in [2.45, 2.75) is 52.3 Å². The SMILES string of the molecule is C[C@H]1CN(C(=O)OC(C)(C)C)CCN1[C@@H](C)c1ccccn1. The zero-order valence-corrected chi connectivity index (χ0v) is 14.2. The van der Waals surface area contributed by atoms with Crippen LogP contribution >= 0.6 is 0 Å². The fraction of sp³-hybridized carbons (Fsp3) is 0.647. The van der Waals surface area contributed by atoms with E-state index in [2.05, 4.69) is 29.8 Å². The van der Waals surface area contributed by atoms with Gasteiger partial charge in [-0.15, -0.1) is 0 Å². The van der Waals surface area contributed by atoms with Gasteiger partial charge in [0.1, 0.15) is 5.60 Å². The van der Waals surface area contributed by atoms with Crippen molar-refractivity contribution in [1.82, 2.24) is 14.8 Å². The molecule has 2 atom stereocenters. The highest BCUT2D eigenvalue weighted by molar-refractivity contribution is 5.68. The fourth-order valence-electron chi connectivity index (χ4n) is 2.83.